The summed E-state index contributed by atoms with van der Waals surface area (Å²) < 4.78 is 97.1. The lowest BCUT2D eigenvalue weighted by molar-refractivity contribution is 0.0642. The molecule has 1 aromatic heterocycles. The average Bonchev–Trinajstić information content (AvgIpc) is 3.21. The molecule has 2 heterocycles. The summed E-state index contributed by atoms with van der Waals surface area (Å²) in [6.45, 7) is 7.63. The molecule has 2 atom stereocenters. The van der Waals surface area contributed by atoms with Crippen LogP contribution in [0.4, 0.5) is 17.6 Å². The zero-order chi connectivity index (χ0) is 30.6. The first-order valence-corrected chi connectivity index (χ1v) is 15.0. The molecule has 4 aromatic rings. The Hall–Kier alpha value is -3.41. The number of hydrogen-bond acceptors (Lipinski definition) is 5. The molecular formula is C31H32F4N2O4S. The van der Waals surface area contributed by atoms with E-state index in [0.29, 0.717) is 34.1 Å². The Balaban J connectivity index is 1.63. The van der Waals surface area contributed by atoms with E-state index in [1.807, 2.05) is 6.92 Å². The molecule has 11 heteroatoms. The minimum absolute atomic E-state index is 0.109. The van der Waals surface area contributed by atoms with Crippen molar-refractivity contribution < 1.29 is 34.9 Å². The second-order valence-corrected chi connectivity index (χ2v) is 12.9. The molecule has 6 nitrogen and oxygen atoms in total. The number of halogens is 4. The molecule has 0 amide bonds. The summed E-state index contributed by atoms with van der Waals surface area (Å²) in [5.74, 6) is -2.80. The van der Waals surface area contributed by atoms with Crippen LogP contribution < -0.4 is 4.74 Å². The van der Waals surface area contributed by atoms with Crippen molar-refractivity contribution in [2.45, 2.75) is 63.7 Å². The van der Waals surface area contributed by atoms with E-state index in [1.54, 1.807) is 24.0 Å². The van der Waals surface area contributed by atoms with E-state index in [0.717, 1.165) is 12.1 Å². The standard InChI is InChI=1S/C31H32F4N2O4S/c1-6-40-42(38,39)27-10-7-17(2)11-26(27)41-20-14-23(33)28(24(34)15-20)30-29-22(12-18(3)37(30)16-31(4,5)35)21-13-19(32)8-9-25(21)36-29/h7-11,13-15,18,30,36H,6,12,16H2,1-5H3. The Kier molecular flexibility index (Phi) is 7.88. The Morgan fingerprint density at radius 2 is 1.74 bits per heavy atom. The minimum Gasteiger partial charge on any atom is -0.456 e. The number of nitrogens with one attached hydrogen (secondary N) is 1. The molecule has 224 valence electrons. The van der Waals surface area contributed by atoms with Crippen molar-refractivity contribution >= 4 is 21.0 Å². The van der Waals surface area contributed by atoms with Crippen LogP contribution in [0.1, 0.15) is 56.1 Å². The van der Waals surface area contributed by atoms with Gasteiger partial charge in [0.15, 0.2) is 0 Å². The topological polar surface area (TPSA) is 71.6 Å². The van der Waals surface area contributed by atoms with E-state index in [9.17, 15) is 12.8 Å². The molecule has 0 spiro atoms. The van der Waals surface area contributed by atoms with Crippen LogP contribution in [0.5, 0.6) is 11.5 Å². The molecule has 0 fully saturated rings. The fourth-order valence-corrected chi connectivity index (χ4v) is 6.67. The smallest absolute Gasteiger partial charge is 0.300 e. The van der Waals surface area contributed by atoms with Gasteiger partial charge in [-0.1, -0.05) is 6.07 Å². The molecule has 42 heavy (non-hydrogen) atoms. The molecule has 3 aromatic carbocycles. The third-order valence-electron chi connectivity index (χ3n) is 7.33. The molecular weight excluding hydrogens is 572 g/mol. The maximum absolute atomic E-state index is 16.0. The number of ether oxygens (including phenoxy) is 1. The highest BCUT2D eigenvalue weighted by Crippen LogP contribution is 2.44. The maximum atomic E-state index is 16.0. The van der Waals surface area contributed by atoms with Gasteiger partial charge < -0.3 is 9.72 Å². The van der Waals surface area contributed by atoms with Crippen molar-refractivity contribution in [3.8, 4) is 11.5 Å². The van der Waals surface area contributed by atoms with Gasteiger partial charge in [0.05, 0.1) is 12.6 Å². The van der Waals surface area contributed by atoms with E-state index >= 15 is 13.2 Å². The van der Waals surface area contributed by atoms with Crippen LogP contribution in [0.15, 0.2) is 53.4 Å². The maximum Gasteiger partial charge on any atom is 0.300 e. The van der Waals surface area contributed by atoms with Crippen molar-refractivity contribution in [3.05, 3.63) is 88.4 Å². The normalized spacial score (nSPS) is 17.9. The first-order valence-electron chi connectivity index (χ1n) is 13.6. The monoisotopic (exact) mass is 604 g/mol. The number of rotatable bonds is 8. The van der Waals surface area contributed by atoms with Crippen molar-refractivity contribution in [2.75, 3.05) is 13.2 Å². The second kappa shape index (κ2) is 11.0. The van der Waals surface area contributed by atoms with E-state index in [1.165, 1.54) is 45.0 Å². The van der Waals surface area contributed by atoms with Crippen LogP contribution in [0, 0.1) is 24.4 Å². The first-order chi connectivity index (χ1) is 19.7. The summed E-state index contributed by atoms with van der Waals surface area (Å²) >= 11 is 0. The lowest BCUT2D eigenvalue weighted by Gasteiger charge is -2.43. The number of aromatic nitrogens is 1. The lowest BCUT2D eigenvalue weighted by Crippen LogP contribution is -2.48. The van der Waals surface area contributed by atoms with Crippen LogP contribution in [0.3, 0.4) is 0 Å². The van der Waals surface area contributed by atoms with Gasteiger partial charge >= 0.3 is 10.1 Å². The van der Waals surface area contributed by atoms with Gasteiger partial charge in [-0.25, -0.2) is 17.6 Å². The van der Waals surface area contributed by atoms with Crippen LogP contribution >= 0.6 is 0 Å². The summed E-state index contributed by atoms with van der Waals surface area (Å²) in [6, 6.07) is 9.06. The van der Waals surface area contributed by atoms with Gasteiger partial charge in [0.2, 0.25) is 0 Å². The third-order valence-corrected chi connectivity index (χ3v) is 8.75. The molecule has 5 rings (SSSR count). The summed E-state index contributed by atoms with van der Waals surface area (Å²) in [5, 5.41) is 0.601. The highest BCUT2D eigenvalue weighted by molar-refractivity contribution is 7.86. The summed E-state index contributed by atoms with van der Waals surface area (Å²) in [4.78, 5) is 4.62. The number of aromatic amines is 1. The van der Waals surface area contributed by atoms with Crippen LogP contribution in [0.2, 0.25) is 0 Å². The first kappa shape index (κ1) is 30.1. The summed E-state index contributed by atoms with van der Waals surface area (Å²) in [5.41, 5.74) is 0.390. The van der Waals surface area contributed by atoms with Gasteiger partial charge in [0.25, 0.3) is 0 Å². The number of benzene rings is 3. The highest BCUT2D eigenvalue weighted by atomic mass is 32.2. The Bertz CT molecular complexity index is 1740. The van der Waals surface area contributed by atoms with E-state index in [2.05, 4.69) is 4.98 Å². The zero-order valence-electron chi connectivity index (χ0n) is 23.9. The van der Waals surface area contributed by atoms with E-state index < -0.39 is 39.3 Å². The number of H-pyrrole nitrogens is 1. The fourth-order valence-electron chi connectivity index (χ4n) is 5.65. The second-order valence-electron chi connectivity index (χ2n) is 11.3. The number of hydrogen-bond donors (Lipinski definition) is 1. The molecule has 2 unspecified atom stereocenters. The summed E-state index contributed by atoms with van der Waals surface area (Å²) in [7, 11) is -4.19. The number of alkyl halides is 1. The molecule has 0 saturated heterocycles. The van der Waals surface area contributed by atoms with Crippen molar-refractivity contribution in [1.82, 2.24) is 9.88 Å². The minimum atomic E-state index is -4.19. The van der Waals surface area contributed by atoms with Crippen molar-refractivity contribution in [2.24, 2.45) is 0 Å². The van der Waals surface area contributed by atoms with Gasteiger partial charge in [0.1, 0.15) is 39.5 Å². The largest absolute Gasteiger partial charge is 0.456 e. The van der Waals surface area contributed by atoms with E-state index in [-0.39, 0.29) is 41.2 Å². The number of aryl methyl sites for hydroxylation is 1. The van der Waals surface area contributed by atoms with Gasteiger partial charge in [0, 0.05) is 46.9 Å². The molecule has 0 bridgehead atoms. The molecule has 0 aliphatic carbocycles. The van der Waals surface area contributed by atoms with Gasteiger partial charge in [-0.2, -0.15) is 8.42 Å². The number of fused-ring (bicyclic) bond motifs is 3. The van der Waals surface area contributed by atoms with Gasteiger partial charge in [-0.3, -0.25) is 9.08 Å². The average molecular weight is 605 g/mol. The van der Waals surface area contributed by atoms with Crippen molar-refractivity contribution in [3.63, 3.8) is 0 Å². The number of nitrogens with zero attached hydrogens (tertiary/aromatic N) is 1. The van der Waals surface area contributed by atoms with Crippen LogP contribution in [-0.2, 0) is 20.7 Å². The zero-order valence-corrected chi connectivity index (χ0v) is 24.7. The Labute approximate surface area is 242 Å². The fraction of sp³-hybridized carbons (Fsp3) is 0.355. The Morgan fingerprint density at radius 3 is 2.38 bits per heavy atom. The van der Waals surface area contributed by atoms with Gasteiger partial charge in [-0.15, -0.1) is 0 Å². The molecule has 1 aliphatic heterocycles. The van der Waals surface area contributed by atoms with E-state index in [4.69, 9.17) is 8.92 Å². The lowest BCUT2D eigenvalue weighted by atomic mass is 9.87. The quantitative estimate of drug-likeness (QED) is 0.167. The molecule has 1 N–H and O–H groups in total. The molecule has 0 saturated carbocycles. The van der Waals surface area contributed by atoms with Crippen LogP contribution in [0.25, 0.3) is 10.9 Å². The third kappa shape index (κ3) is 5.77. The predicted molar refractivity (Wildman–Crippen MR) is 152 cm³/mol. The molecule has 0 radical (unpaired) electrons. The molecule has 1 aliphatic rings. The van der Waals surface area contributed by atoms with Crippen LogP contribution in [-0.4, -0.2) is 43.2 Å². The highest BCUT2D eigenvalue weighted by Gasteiger charge is 2.41. The SMILES string of the molecule is CCOS(=O)(=O)c1ccc(C)cc1Oc1cc(F)c(C2c3[nH]c4ccc(F)cc4c3CC(C)N2CC(C)(C)F)c(F)c1. The van der Waals surface area contributed by atoms with Crippen molar-refractivity contribution in [1.29, 1.82) is 0 Å². The predicted octanol–water partition coefficient (Wildman–Crippen LogP) is 7.50. The Morgan fingerprint density at radius 1 is 1.05 bits per heavy atom. The van der Waals surface area contributed by atoms with Gasteiger partial charge in [-0.05, 0) is 82.5 Å². The summed E-state index contributed by atoms with van der Waals surface area (Å²) in [6.07, 6.45) is 0.417.